The van der Waals surface area contributed by atoms with Gasteiger partial charge in [-0.3, -0.25) is 4.79 Å². The molecule has 0 aromatic rings. The number of carbonyl (C=O) groups is 1. The van der Waals surface area contributed by atoms with Crippen molar-refractivity contribution in [1.82, 2.24) is 0 Å². The topological polar surface area (TPSA) is 57.5 Å². The van der Waals surface area contributed by atoms with Gasteiger partial charge in [0.05, 0.1) is 0 Å². The van der Waals surface area contributed by atoms with E-state index in [4.69, 9.17) is 15.0 Å². The average Bonchev–Trinajstić information content (AvgIpc) is 2.66. The summed E-state index contributed by atoms with van der Waals surface area (Å²) in [6.07, 6.45) is 3.66. The minimum Gasteiger partial charge on any atom is -0.481 e. The number of carboxylic acids is 1. The SMILES string of the molecule is CC(=O)O.CCC1(CO)CC1. The highest BCUT2D eigenvalue weighted by molar-refractivity contribution is 5.62. The largest absolute Gasteiger partial charge is 0.481 e. The molecule has 0 bridgehead atoms. The van der Waals surface area contributed by atoms with Gasteiger partial charge in [0.1, 0.15) is 0 Å². The van der Waals surface area contributed by atoms with E-state index in [2.05, 4.69) is 6.92 Å². The normalized spacial score (nSPS) is 18.1. The number of aliphatic hydroxyl groups is 1. The molecular formula is C8H16O3. The highest BCUT2D eigenvalue weighted by Gasteiger charge is 2.39. The number of rotatable bonds is 2. The van der Waals surface area contributed by atoms with Crippen molar-refractivity contribution in [2.45, 2.75) is 33.1 Å². The maximum absolute atomic E-state index is 9.00. The standard InChI is InChI=1S/C6H12O.C2H4O2/c1-2-6(5-7)3-4-6;1-2(3)4/h7H,2-5H2,1H3;1H3,(H,3,4). The fourth-order valence-electron chi connectivity index (χ4n) is 0.800. The fourth-order valence-corrected chi connectivity index (χ4v) is 0.800. The maximum Gasteiger partial charge on any atom is 0.300 e. The summed E-state index contributed by atoms with van der Waals surface area (Å²) in [7, 11) is 0. The third kappa shape index (κ3) is 4.79. The molecule has 0 unspecified atom stereocenters. The third-order valence-corrected chi connectivity index (χ3v) is 2.04. The van der Waals surface area contributed by atoms with Crippen molar-refractivity contribution in [2.75, 3.05) is 6.61 Å². The van der Waals surface area contributed by atoms with Crippen molar-refractivity contribution in [3.8, 4) is 0 Å². The second kappa shape index (κ2) is 4.34. The number of hydrogen-bond acceptors (Lipinski definition) is 2. The Morgan fingerprint density at radius 2 is 1.91 bits per heavy atom. The van der Waals surface area contributed by atoms with Gasteiger partial charge in [-0.2, -0.15) is 0 Å². The molecule has 0 aromatic heterocycles. The van der Waals surface area contributed by atoms with Gasteiger partial charge in [0.15, 0.2) is 0 Å². The van der Waals surface area contributed by atoms with Crippen molar-refractivity contribution in [1.29, 1.82) is 0 Å². The minimum atomic E-state index is -0.833. The Hall–Kier alpha value is -0.570. The van der Waals surface area contributed by atoms with E-state index in [0.29, 0.717) is 12.0 Å². The van der Waals surface area contributed by atoms with Crippen molar-refractivity contribution in [3.63, 3.8) is 0 Å². The molecule has 3 heteroatoms. The molecule has 11 heavy (non-hydrogen) atoms. The molecule has 0 atom stereocenters. The summed E-state index contributed by atoms with van der Waals surface area (Å²) >= 11 is 0. The van der Waals surface area contributed by atoms with Crippen LogP contribution in [0, 0.1) is 5.41 Å². The van der Waals surface area contributed by atoms with Crippen LogP contribution >= 0.6 is 0 Å². The quantitative estimate of drug-likeness (QED) is 0.639. The van der Waals surface area contributed by atoms with E-state index >= 15 is 0 Å². The monoisotopic (exact) mass is 160 g/mol. The van der Waals surface area contributed by atoms with Gasteiger partial charge < -0.3 is 10.2 Å². The zero-order chi connectivity index (χ0) is 8.91. The van der Waals surface area contributed by atoms with Crippen LogP contribution in [0.3, 0.4) is 0 Å². The van der Waals surface area contributed by atoms with Crippen LogP contribution in [0.15, 0.2) is 0 Å². The Balaban J connectivity index is 0.000000218. The lowest BCUT2D eigenvalue weighted by Crippen LogP contribution is -2.02. The first-order valence-corrected chi connectivity index (χ1v) is 3.87. The predicted molar refractivity (Wildman–Crippen MR) is 42.4 cm³/mol. The molecule has 66 valence electrons. The van der Waals surface area contributed by atoms with Gasteiger partial charge >= 0.3 is 0 Å². The maximum atomic E-state index is 9.00. The summed E-state index contributed by atoms with van der Waals surface area (Å²) in [4.78, 5) is 9.00. The summed E-state index contributed by atoms with van der Waals surface area (Å²) < 4.78 is 0. The van der Waals surface area contributed by atoms with Crippen LogP contribution in [-0.4, -0.2) is 22.8 Å². The Morgan fingerprint density at radius 3 is 1.91 bits per heavy atom. The third-order valence-electron chi connectivity index (χ3n) is 2.04. The van der Waals surface area contributed by atoms with E-state index in [1.807, 2.05) is 0 Å². The van der Waals surface area contributed by atoms with Crippen LogP contribution in [0.4, 0.5) is 0 Å². The van der Waals surface area contributed by atoms with Crippen molar-refractivity contribution in [2.24, 2.45) is 5.41 Å². The van der Waals surface area contributed by atoms with Crippen molar-refractivity contribution in [3.05, 3.63) is 0 Å². The second-order valence-corrected chi connectivity index (χ2v) is 3.03. The Labute approximate surface area is 67.0 Å². The highest BCUT2D eigenvalue weighted by Crippen LogP contribution is 2.47. The highest BCUT2D eigenvalue weighted by atomic mass is 16.4. The molecule has 0 amide bonds. The number of carboxylic acid groups (broad SMARTS) is 1. The van der Waals surface area contributed by atoms with Crippen LogP contribution in [0.1, 0.15) is 33.1 Å². The molecule has 1 fully saturated rings. The number of hydrogen-bond donors (Lipinski definition) is 2. The lowest BCUT2D eigenvalue weighted by molar-refractivity contribution is -0.134. The summed E-state index contributed by atoms with van der Waals surface area (Å²) in [6, 6.07) is 0. The number of aliphatic hydroxyl groups excluding tert-OH is 1. The molecule has 1 rings (SSSR count). The van der Waals surface area contributed by atoms with Crippen LogP contribution in [0.25, 0.3) is 0 Å². The van der Waals surface area contributed by atoms with E-state index in [1.54, 1.807) is 0 Å². The zero-order valence-corrected chi connectivity index (χ0v) is 7.13. The summed E-state index contributed by atoms with van der Waals surface area (Å²) in [5, 5.41) is 16.1. The molecule has 0 aliphatic heterocycles. The molecule has 2 N–H and O–H groups in total. The van der Waals surface area contributed by atoms with Gasteiger partial charge in [-0.25, -0.2) is 0 Å². The molecule has 0 saturated heterocycles. The first-order chi connectivity index (χ1) is 5.06. The van der Waals surface area contributed by atoms with Gasteiger partial charge in [-0.05, 0) is 24.7 Å². The van der Waals surface area contributed by atoms with E-state index in [9.17, 15) is 0 Å². The molecular weight excluding hydrogens is 144 g/mol. The molecule has 3 nitrogen and oxygen atoms in total. The average molecular weight is 160 g/mol. The van der Waals surface area contributed by atoms with Gasteiger partial charge in [0.25, 0.3) is 5.97 Å². The fraction of sp³-hybridized carbons (Fsp3) is 0.875. The molecule has 1 saturated carbocycles. The van der Waals surface area contributed by atoms with Crippen LogP contribution in [0.5, 0.6) is 0 Å². The lowest BCUT2D eigenvalue weighted by atomic mass is 10.1. The Morgan fingerprint density at radius 1 is 1.55 bits per heavy atom. The van der Waals surface area contributed by atoms with E-state index in [-0.39, 0.29) is 0 Å². The lowest BCUT2D eigenvalue weighted by Gasteiger charge is -2.03. The Kier molecular flexibility index (Phi) is 4.11. The first-order valence-electron chi connectivity index (χ1n) is 3.87. The van der Waals surface area contributed by atoms with Crippen molar-refractivity contribution >= 4 is 5.97 Å². The predicted octanol–water partition coefficient (Wildman–Crippen LogP) is 1.26. The Bertz CT molecular complexity index is 117. The van der Waals surface area contributed by atoms with Crippen LogP contribution < -0.4 is 0 Å². The smallest absolute Gasteiger partial charge is 0.300 e. The molecule has 1 aliphatic carbocycles. The van der Waals surface area contributed by atoms with Gasteiger partial charge in [-0.1, -0.05) is 6.92 Å². The molecule has 0 radical (unpaired) electrons. The molecule has 0 heterocycles. The van der Waals surface area contributed by atoms with Gasteiger partial charge in [0.2, 0.25) is 0 Å². The minimum absolute atomic E-state index is 0.389. The molecule has 0 aromatic carbocycles. The number of aliphatic carboxylic acids is 1. The zero-order valence-electron chi connectivity index (χ0n) is 7.13. The molecule has 0 spiro atoms. The van der Waals surface area contributed by atoms with Gasteiger partial charge in [-0.15, -0.1) is 0 Å². The van der Waals surface area contributed by atoms with E-state index < -0.39 is 5.97 Å². The van der Waals surface area contributed by atoms with Crippen LogP contribution in [-0.2, 0) is 4.79 Å². The molecule has 1 aliphatic rings. The summed E-state index contributed by atoms with van der Waals surface area (Å²) in [6.45, 7) is 3.63. The first kappa shape index (κ1) is 10.4. The van der Waals surface area contributed by atoms with Crippen molar-refractivity contribution < 1.29 is 15.0 Å². The summed E-state index contributed by atoms with van der Waals surface area (Å²) in [5.74, 6) is -0.833. The summed E-state index contributed by atoms with van der Waals surface area (Å²) in [5.41, 5.74) is 0.389. The van der Waals surface area contributed by atoms with E-state index in [0.717, 1.165) is 13.3 Å². The van der Waals surface area contributed by atoms with E-state index in [1.165, 1.54) is 12.8 Å². The second-order valence-electron chi connectivity index (χ2n) is 3.03. The van der Waals surface area contributed by atoms with Crippen LogP contribution in [0.2, 0.25) is 0 Å². The van der Waals surface area contributed by atoms with Gasteiger partial charge in [0, 0.05) is 13.5 Å².